The van der Waals surface area contributed by atoms with Crippen molar-refractivity contribution in [2.45, 2.75) is 0 Å². The fourth-order valence-corrected chi connectivity index (χ4v) is 1.95. The predicted molar refractivity (Wildman–Crippen MR) is 68.3 cm³/mol. The summed E-state index contributed by atoms with van der Waals surface area (Å²) in [7, 11) is 3.51. The van der Waals surface area contributed by atoms with E-state index in [1.54, 1.807) is 11.8 Å². The Kier molecular flexibility index (Phi) is 2.44. The molecule has 3 aromatic rings. The molecule has 0 aliphatic heterocycles. The first-order valence-corrected chi connectivity index (χ1v) is 5.55. The monoisotopic (exact) mass is 240 g/mol. The van der Waals surface area contributed by atoms with Crippen molar-refractivity contribution in [1.29, 1.82) is 0 Å². The minimum Gasteiger partial charge on any atom is -0.480 e. The van der Waals surface area contributed by atoms with Crippen LogP contribution in [0.3, 0.4) is 0 Å². The Bertz CT molecular complexity index is 705. The van der Waals surface area contributed by atoms with Crippen LogP contribution in [0.25, 0.3) is 22.0 Å². The predicted octanol–water partition coefficient (Wildman–Crippen LogP) is 2.04. The molecule has 0 saturated heterocycles. The first-order chi connectivity index (χ1) is 8.78. The van der Waals surface area contributed by atoms with Gasteiger partial charge in [-0.15, -0.1) is 0 Å². The van der Waals surface area contributed by atoms with Gasteiger partial charge in [-0.2, -0.15) is 5.10 Å². The lowest BCUT2D eigenvalue weighted by molar-refractivity contribution is 0.402. The second kappa shape index (κ2) is 4.10. The van der Waals surface area contributed by atoms with Crippen LogP contribution in [0.5, 0.6) is 5.88 Å². The first-order valence-electron chi connectivity index (χ1n) is 5.55. The van der Waals surface area contributed by atoms with Gasteiger partial charge in [0.1, 0.15) is 6.33 Å². The van der Waals surface area contributed by atoms with Gasteiger partial charge in [0.2, 0.25) is 5.88 Å². The molecule has 0 spiro atoms. The summed E-state index contributed by atoms with van der Waals surface area (Å²) in [6.45, 7) is 0. The summed E-state index contributed by atoms with van der Waals surface area (Å²) in [5.74, 6) is 0.589. The van der Waals surface area contributed by atoms with Crippen molar-refractivity contribution in [3.8, 4) is 17.0 Å². The summed E-state index contributed by atoms with van der Waals surface area (Å²) in [6, 6.07) is 6.00. The molecule has 18 heavy (non-hydrogen) atoms. The molecule has 2 aromatic heterocycles. The van der Waals surface area contributed by atoms with Crippen molar-refractivity contribution in [1.82, 2.24) is 19.7 Å². The molecule has 0 N–H and O–H groups in total. The van der Waals surface area contributed by atoms with E-state index in [0.717, 1.165) is 22.0 Å². The number of fused-ring (bicyclic) bond motifs is 1. The Balaban J connectivity index is 2.21. The zero-order valence-electron chi connectivity index (χ0n) is 10.2. The lowest BCUT2D eigenvalue weighted by Crippen LogP contribution is -1.91. The van der Waals surface area contributed by atoms with Gasteiger partial charge in [0.15, 0.2) is 0 Å². The summed E-state index contributed by atoms with van der Waals surface area (Å²) in [4.78, 5) is 8.33. The fraction of sp³-hybridized carbons (Fsp3) is 0.154. The van der Waals surface area contributed by atoms with E-state index in [-0.39, 0.29) is 0 Å². The Morgan fingerprint density at radius 2 is 2.06 bits per heavy atom. The zero-order chi connectivity index (χ0) is 12.5. The largest absolute Gasteiger partial charge is 0.480 e. The number of nitrogens with zero attached hydrogens (tertiary/aromatic N) is 4. The molecule has 0 radical (unpaired) electrons. The van der Waals surface area contributed by atoms with E-state index in [1.165, 1.54) is 6.33 Å². The van der Waals surface area contributed by atoms with Crippen LogP contribution in [0.2, 0.25) is 0 Å². The summed E-state index contributed by atoms with van der Waals surface area (Å²) < 4.78 is 7.03. The molecule has 0 aliphatic carbocycles. The summed E-state index contributed by atoms with van der Waals surface area (Å²) >= 11 is 0. The number of hydrogen-bond donors (Lipinski definition) is 0. The average molecular weight is 240 g/mol. The molecule has 0 aliphatic rings. The molecule has 0 amide bonds. The molecule has 0 fully saturated rings. The third kappa shape index (κ3) is 1.69. The summed E-state index contributed by atoms with van der Waals surface area (Å²) in [5, 5.41) is 5.07. The van der Waals surface area contributed by atoms with Gasteiger partial charge in [-0.3, -0.25) is 4.68 Å². The van der Waals surface area contributed by atoms with Crippen LogP contribution < -0.4 is 4.74 Å². The number of rotatable bonds is 2. The Morgan fingerprint density at radius 3 is 2.78 bits per heavy atom. The van der Waals surface area contributed by atoms with Gasteiger partial charge in [0, 0.05) is 18.8 Å². The SMILES string of the molecule is COc1ncnc2ccc(-c3cnn(C)c3)cc12. The van der Waals surface area contributed by atoms with Gasteiger partial charge in [-0.05, 0) is 17.7 Å². The highest BCUT2D eigenvalue weighted by molar-refractivity contribution is 5.87. The molecule has 0 bridgehead atoms. The third-order valence-corrected chi connectivity index (χ3v) is 2.83. The van der Waals surface area contributed by atoms with Gasteiger partial charge < -0.3 is 4.74 Å². The lowest BCUT2D eigenvalue weighted by atomic mass is 10.1. The number of ether oxygens (including phenoxy) is 1. The highest BCUT2D eigenvalue weighted by Crippen LogP contribution is 2.27. The Labute approximate surface area is 104 Å². The van der Waals surface area contributed by atoms with Gasteiger partial charge in [0.05, 0.1) is 24.2 Å². The van der Waals surface area contributed by atoms with Crippen molar-refractivity contribution >= 4 is 10.9 Å². The van der Waals surface area contributed by atoms with Crippen LogP contribution in [-0.2, 0) is 7.05 Å². The minimum absolute atomic E-state index is 0.589. The molecule has 3 rings (SSSR count). The molecule has 5 heteroatoms. The number of aryl methyl sites for hydroxylation is 1. The first kappa shape index (κ1) is 10.7. The number of methoxy groups -OCH3 is 1. The van der Waals surface area contributed by atoms with Gasteiger partial charge in [-0.25, -0.2) is 9.97 Å². The molecule has 1 aromatic carbocycles. The maximum absolute atomic E-state index is 5.25. The van der Waals surface area contributed by atoms with Crippen molar-refractivity contribution in [2.75, 3.05) is 7.11 Å². The van der Waals surface area contributed by atoms with E-state index in [4.69, 9.17) is 4.74 Å². The van der Waals surface area contributed by atoms with Gasteiger partial charge in [0.25, 0.3) is 0 Å². The molecule has 90 valence electrons. The van der Waals surface area contributed by atoms with E-state index in [2.05, 4.69) is 15.1 Å². The summed E-state index contributed by atoms with van der Waals surface area (Å²) in [5.41, 5.74) is 3.00. The fourth-order valence-electron chi connectivity index (χ4n) is 1.95. The van der Waals surface area contributed by atoms with E-state index in [0.29, 0.717) is 5.88 Å². The van der Waals surface area contributed by atoms with Crippen LogP contribution >= 0.6 is 0 Å². The van der Waals surface area contributed by atoms with Crippen LogP contribution in [0.15, 0.2) is 36.9 Å². The number of benzene rings is 1. The second-order valence-corrected chi connectivity index (χ2v) is 4.02. The van der Waals surface area contributed by atoms with Crippen molar-refractivity contribution in [3.05, 3.63) is 36.9 Å². The highest BCUT2D eigenvalue weighted by Gasteiger charge is 2.07. The molecule has 0 atom stereocenters. The second-order valence-electron chi connectivity index (χ2n) is 4.02. The van der Waals surface area contributed by atoms with E-state index >= 15 is 0 Å². The van der Waals surface area contributed by atoms with Crippen molar-refractivity contribution in [3.63, 3.8) is 0 Å². The lowest BCUT2D eigenvalue weighted by Gasteiger charge is -2.04. The maximum Gasteiger partial charge on any atom is 0.224 e. The molecular formula is C13H12N4O. The topological polar surface area (TPSA) is 52.8 Å². The molecule has 5 nitrogen and oxygen atoms in total. The van der Waals surface area contributed by atoms with E-state index in [9.17, 15) is 0 Å². The molecular weight excluding hydrogens is 228 g/mol. The summed E-state index contributed by atoms with van der Waals surface area (Å²) in [6.07, 6.45) is 5.31. The number of hydrogen-bond acceptors (Lipinski definition) is 4. The average Bonchev–Trinajstić information content (AvgIpc) is 2.84. The molecule has 0 saturated carbocycles. The maximum atomic E-state index is 5.25. The number of aromatic nitrogens is 4. The van der Waals surface area contributed by atoms with Crippen LogP contribution in [0.1, 0.15) is 0 Å². The van der Waals surface area contributed by atoms with Crippen LogP contribution in [0, 0.1) is 0 Å². The highest BCUT2D eigenvalue weighted by atomic mass is 16.5. The standard InChI is InChI=1S/C13H12N4O/c1-17-7-10(6-16-17)9-3-4-12-11(5-9)13(18-2)15-8-14-12/h3-8H,1-2H3. The zero-order valence-corrected chi connectivity index (χ0v) is 10.2. The van der Waals surface area contributed by atoms with Gasteiger partial charge >= 0.3 is 0 Å². The van der Waals surface area contributed by atoms with E-state index < -0.39 is 0 Å². The minimum atomic E-state index is 0.589. The Hall–Kier alpha value is -2.43. The smallest absolute Gasteiger partial charge is 0.224 e. The quantitative estimate of drug-likeness (QED) is 0.687. The normalized spacial score (nSPS) is 10.8. The Morgan fingerprint density at radius 1 is 1.17 bits per heavy atom. The van der Waals surface area contributed by atoms with Crippen molar-refractivity contribution < 1.29 is 4.74 Å². The molecule has 0 unspecified atom stereocenters. The van der Waals surface area contributed by atoms with Crippen LogP contribution in [0.4, 0.5) is 0 Å². The molecule has 2 heterocycles. The van der Waals surface area contributed by atoms with Crippen LogP contribution in [-0.4, -0.2) is 26.9 Å². The van der Waals surface area contributed by atoms with Gasteiger partial charge in [-0.1, -0.05) is 6.07 Å². The van der Waals surface area contributed by atoms with Crippen molar-refractivity contribution in [2.24, 2.45) is 7.05 Å². The van der Waals surface area contributed by atoms with E-state index in [1.807, 2.05) is 37.6 Å². The third-order valence-electron chi connectivity index (χ3n) is 2.83.